The van der Waals surface area contributed by atoms with Crippen molar-refractivity contribution in [2.75, 3.05) is 18.0 Å². The van der Waals surface area contributed by atoms with Crippen molar-refractivity contribution < 1.29 is 9.90 Å². The van der Waals surface area contributed by atoms with E-state index in [1.807, 2.05) is 49.4 Å². The van der Waals surface area contributed by atoms with Gasteiger partial charge in [0.15, 0.2) is 5.82 Å². The van der Waals surface area contributed by atoms with E-state index in [9.17, 15) is 9.90 Å². The van der Waals surface area contributed by atoms with Gasteiger partial charge in [-0.1, -0.05) is 18.2 Å². The highest BCUT2D eigenvalue weighted by Gasteiger charge is 2.34. The molecular formula is C25H23N5O2. The normalized spacial score (nSPS) is 13.7. The summed E-state index contributed by atoms with van der Waals surface area (Å²) < 4.78 is 0. The number of nitrogens with one attached hydrogen (secondary N) is 1. The summed E-state index contributed by atoms with van der Waals surface area (Å²) in [5, 5.41) is 14.2. The third kappa shape index (κ3) is 3.85. The third-order valence-electron chi connectivity index (χ3n) is 5.75. The molecule has 1 amide bonds. The van der Waals surface area contributed by atoms with Gasteiger partial charge in [0.2, 0.25) is 5.91 Å². The number of hydrogen-bond donors (Lipinski definition) is 2. The van der Waals surface area contributed by atoms with Gasteiger partial charge in [0.1, 0.15) is 11.6 Å². The smallest absolute Gasteiger partial charge is 0.226 e. The maximum absolute atomic E-state index is 12.6. The summed E-state index contributed by atoms with van der Waals surface area (Å²) in [6.07, 6.45) is 3.44. The Balaban J connectivity index is 1.38. The predicted octanol–water partition coefficient (Wildman–Crippen LogP) is 3.46. The second-order valence-electron chi connectivity index (χ2n) is 8.08. The molecule has 0 aliphatic carbocycles. The standard InChI is InChI=1S/C25H23N5O2/c1-16-6-7-19-21(12-16)28-23(20-4-2-3-5-22(20)31)29-24(19)30-14-18(15-30)25(32)27-13-17-8-10-26-11-9-17/h2-12,18,31H,13-15H2,1H3,(H,27,32). The molecule has 2 aromatic heterocycles. The van der Waals surface area contributed by atoms with Crippen LogP contribution in [0.25, 0.3) is 22.3 Å². The number of carbonyl (C=O) groups is 1. The van der Waals surface area contributed by atoms with Crippen molar-refractivity contribution >= 4 is 22.6 Å². The number of carbonyl (C=O) groups excluding carboxylic acids is 1. The van der Waals surface area contributed by atoms with E-state index < -0.39 is 0 Å². The van der Waals surface area contributed by atoms with Gasteiger partial charge in [-0.15, -0.1) is 0 Å². The lowest BCUT2D eigenvalue weighted by atomic mass is 9.98. The molecule has 2 N–H and O–H groups in total. The molecule has 5 rings (SSSR count). The zero-order chi connectivity index (χ0) is 22.1. The molecular weight excluding hydrogens is 402 g/mol. The number of aryl methyl sites for hydroxylation is 1. The van der Waals surface area contributed by atoms with Gasteiger partial charge in [-0.3, -0.25) is 9.78 Å². The zero-order valence-corrected chi connectivity index (χ0v) is 17.7. The summed E-state index contributed by atoms with van der Waals surface area (Å²) in [6.45, 7) is 3.68. The number of pyridine rings is 1. The lowest BCUT2D eigenvalue weighted by Crippen LogP contribution is -2.54. The number of benzene rings is 2. The van der Waals surface area contributed by atoms with Crippen molar-refractivity contribution in [3.8, 4) is 17.1 Å². The van der Waals surface area contributed by atoms with Crippen LogP contribution in [0.4, 0.5) is 5.82 Å². The Hall–Kier alpha value is -4.00. The van der Waals surface area contributed by atoms with E-state index in [2.05, 4.69) is 15.2 Å². The minimum Gasteiger partial charge on any atom is -0.507 e. The molecule has 0 atom stereocenters. The summed E-state index contributed by atoms with van der Waals surface area (Å²) in [5.41, 5.74) is 3.53. The lowest BCUT2D eigenvalue weighted by molar-refractivity contribution is -0.125. The largest absolute Gasteiger partial charge is 0.507 e. The number of anilines is 1. The van der Waals surface area contributed by atoms with Crippen molar-refractivity contribution in [1.82, 2.24) is 20.3 Å². The summed E-state index contributed by atoms with van der Waals surface area (Å²) in [4.78, 5) is 28.2. The van der Waals surface area contributed by atoms with Crippen LogP contribution in [0.1, 0.15) is 11.1 Å². The number of aromatic nitrogens is 3. The number of phenols is 1. The number of phenolic OH excluding ortho intramolecular Hbond substituents is 1. The Bertz CT molecular complexity index is 1290. The number of amides is 1. The van der Waals surface area contributed by atoms with Crippen molar-refractivity contribution in [3.63, 3.8) is 0 Å². The molecule has 0 spiro atoms. The summed E-state index contributed by atoms with van der Waals surface area (Å²) in [7, 11) is 0. The van der Waals surface area contributed by atoms with Crippen LogP contribution in [-0.4, -0.2) is 39.1 Å². The first-order valence-electron chi connectivity index (χ1n) is 10.6. The quantitative estimate of drug-likeness (QED) is 0.509. The number of nitrogens with zero attached hydrogens (tertiary/aromatic N) is 4. The van der Waals surface area contributed by atoms with Crippen molar-refractivity contribution in [3.05, 3.63) is 78.1 Å². The van der Waals surface area contributed by atoms with Crippen molar-refractivity contribution in [1.29, 1.82) is 0 Å². The van der Waals surface area contributed by atoms with Crippen LogP contribution in [-0.2, 0) is 11.3 Å². The molecule has 32 heavy (non-hydrogen) atoms. The van der Waals surface area contributed by atoms with E-state index in [1.165, 1.54) is 0 Å². The number of fused-ring (bicyclic) bond motifs is 1. The Morgan fingerprint density at radius 3 is 2.66 bits per heavy atom. The fourth-order valence-corrected chi connectivity index (χ4v) is 3.90. The van der Waals surface area contributed by atoms with Crippen molar-refractivity contribution in [2.45, 2.75) is 13.5 Å². The Labute approximate surface area is 185 Å². The molecule has 7 nitrogen and oxygen atoms in total. The van der Waals surface area contributed by atoms with Gasteiger partial charge < -0.3 is 15.3 Å². The topological polar surface area (TPSA) is 91.2 Å². The molecule has 0 saturated carbocycles. The van der Waals surface area contributed by atoms with E-state index in [-0.39, 0.29) is 17.6 Å². The molecule has 3 heterocycles. The first kappa shape index (κ1) is 19.9. The molecule has 1 aliphatic rings. The minimum absolute atomic E-state index is 0.0354. The average molecular weight is 425 g/mol. The fraction of sp³-hybridized carbons (Fsp3) is 0.200. The molecule has 0 radical (unpaired) electrons. The Morgan fingerprint density at radius 1 is 1.09 bits per heavy atom. The number of para-hydroxylation sites is 1. The molecule has 2 aromatic carbocycles. The molecule has 0 bridgehead atoms. The maximum atomic E-state index is 12.6. The minimum atomic E-state index is -0.0964. The van der Waals surface area contributed by atoms with Crippen molar-refractivity contribution in [2.24, 2.45) is 5.92 Å². The molecule has 160 valence electrons. The molecule has 1 aliphatic heterocycles. The number of rotatable bonds is 5. The number of aromatic hydroxyl groups is 1. The SMILES string of the molecule is Cc1ccc2c(N3CC(C(=O)NCc4ccncc4)C3)nc(-c3ccccc3O)nc2c1. The monoisotopic (exact) mass is 425 g/mol. The van der Waals surface area contributed by atoms with Crippen LogP contribution < -0.4 is 10.2 Å². The Kier molecular flexibility index (Phi) is 5.15. The van der Waals surface area contributed by atoms with Crippen LogP contribution in [0, 0.1) is 12.8 Å². The van der Waals surface area contributed by atoms with Gasteiger partial charge in [0.05, 0.1) is 17.0 Å². The molecule has 1 fully saturated rings. The highest BCUT2D eigenvalue weighted by atomic mass is 16.3. The van der Waals surface area contributed by atoms with Crippen LogP contribution in [0.5, 0.6) is 5.75 Å². The summed E-state index contributed by atoms with van der Waals surface area (Å²) >= 11 is 0. The van der Waals surface area contributed by atoms with Gasteiger partial charge in [0, 0.05) is 37.4 Å². The van der Waals surface area contributed by atoms with Gasteiger partial charge in [0.25, 0.3) is 0 Å². The van der Waals surface area contributed by atoms with Crippen LogP contribution >= 0.6 is 0 Å². The van der Waals surface area contributed by atoms with E-state index in [0.717, 1.165) is 27.8 Å². The van der Waals surface area contributed by atoms with Gasteiger partial charge in [-0.25, -0.2) is 9.97 Å². The zero-order valence-electron chi connectivity index (χ0n) is 17.7. The van der Waals surface area contributed by atoms with Crippen LogP contribution in [0.2, 0.25) is 0 Å². The van der Waals surface area contributed by atoms with Gasteiger partial charge >= 0.3 is 0 Å². The second kappa shape index (κ2) is 8.26. The summed E-state index contributed by atoms with van der Waals surface area (Å²) in [5.74, 6) is 1.34. The fourth-order valence-electron chi connectivity index (χ4n) is 3.90. The molecule has 4 aromatic rings. The first-order valence-corrected chi connectivity index (χ1v) is 10.6. The van der Waals surface area contributed by atoms with Crippen LogP contribution in [0.3, 0.4) is 0 Å². The van der Waals surface area contributed by atoms with Crippen LogP contribution in [0.15, 0.2) is 67.0 Å². The van der Waals surface area contributed by atoms with E-state index in [0.29, 0.717) is 31.0 Å². The molecule has 0 unspecified atom stereocenters. The Morgan fingerprint density at radius 2 is 1.88 bits per heavy atom. The average Bonchev–Trinajstić information content (AvgIpc) is 2.77. The molecule has 1 saturated heterocycles. The predicted molar refractivity (Wildman–Crippen MR) is 123 cm³/mol. The van der Waals surface area contributed by atoms with E-state index in [4.69, 9.17) is 9.97 Å². The van der Waals surface area contributed by atoms with E-state index >= 15 is 0 Å². The highest BCUT2D eigenvalue weighted by Crippen LogP contribution is 2.34. The number of hydrogen-bond acceptors (Lipinski definition) is 6. The molecule has 7 heteroatoms. The second-order valence-corrected chi connectivity index (χ2v) is 8.08. The maximum Gasteiger partial charge on any atom is 0.226 e. The third-order valence-corrected chi connectivity index (χ3v) is 5.75. The van der Waals surface area contributed by atoms with E-state index in [1.54, 1.807) is 24.5 Å². The van der Waals surface area contributed by atoms with Gasteiger partial charge in [-0.05, 0) is 54.4 Å². The van der Waals surface area contributed by atoms with Gasteiger partial charge in [-0.2, -0.15) is 0 Å². The highest BCUT2D eigenvalue weighted by molar-refractivity contribution is 5.93. The first-order chi connectivity index (χ1) is 15.6. The summed E-state index contributed by atoms with van der Waals surface area (Å²) in [6, 6.07) is 16.9. The lowest BCUT2D eigenvalue weighted by Gasteiger charge is -2.39.